The third-order valence-electron chi connectivity index (χ3n) is 5.19. The van der Waals surface area contributed by atoms with Gasteiger partial charge in [0, 0.05) is 17.3 Å². The van der Waals surface area contributed by atoms with Crippen LogP contribution in [0.5, 0.6) is 0 Å². The smallest absolute Gasteiger partial charge is 0.262 e. The van der Waals surface area contributed by atoms with Gasteiger partial charge in [-0.05, 0) is 55.0 Å². The highest BCUT2D eigenvalue weighted by Crippen LogP contribution is 2.26. The Balaban J connectivity index is 1.71. The maximum Gasteiger partial charge on any atom is 0.262 e. The van der Waals surface area contributed by atoms with Gasteiger partial charge in [-0.3, -0.25) is 4.79 Å². The second kappa shape index (κ2) is 9.75. The molecular weight excluding hydrogens is 415 g/mol. The van der Waals surface area contributed by atoms with Gasteiger partial charge < -0.3 is 5.32 Å². The average Bonchev–Trinajstić information content (AvgIpc) is 3.28. The van der Waals surface area contributed by atoms with Crippen LogP contribution >= 0.6 is 0 Å². The zero-order valence-corrected chi connectivity index (χ0v) is 17.9. The van der Waals surface area contributed by atoms with Crippen molar-refractivity contribution in [1.29, 1.82) is 5.26 Å². The van der Waals surface area contributed by atoms with Crippen LogP contribution in [-0.2, 0) is 4.79 Å². The van der Waals surface area contributed by atoms with E-state index in [1.54, 1.807) is 23.0 Å². The van der Waals surface area contributed by atoms with Crippen molar-refractivity contribution in [3.8, 4) is 23.0 Å². The Morgan fingerprint density at radius 3 is 2.30 bits per heavy atom. The lowest BCUT2D eigenvalue weighted by atomic mass is 10.0. The van der Waals surface area contributed by atoms with E-state index in [1.807, 2.05) is 73.7 Å². The molecule has 0 saturated heterocycles. The van der Waals surface area contributed by atoms with E-state index in [2.05, 4.69) is 10.4 Å². The molecule has 0 radical (unpaired) electrons. The first-order valence-corrected chi connectivity index (χ1v) is 10.4. The summed E-state index contributed by atoms with van der Waals surface area (Å²) >= 11 is 0. The fourth-order valence-corrected chi connectivity index (χ4v) is 3.44. The van der Waals surface area contributed by atoms with Crippen LogP contribution in [0.15, 0.2) is 96.7 Å². The molecule has 0 bridgehead atoms. The minimum atomic E-state index is -0.480. The molecule has 0 saturated carbocycles. The van der Waals surface area contributed by atoms with E-state index >= 15 is 0 Å². The van der Waals surface area contributed by atoms with E-state index in [0.29, 0.717) is 16.8 Å². The topological polar surface area (TPSA) is 70.7 Å². The summed E-state index contributed by atoms with van der Waals surface area (Å²) < 4.78 is 15.1. The van der Waals surface area contributed by atoms with Crippen molar-refractivity contribution >= 4 is 12.0 Å². The third-order valence-corrected chi connectivity index (χ3v) is 5.19. The summed E-state index contributed by atoms with van der Waals surface area (Å²) in [6.45, 7) is 1.86. The molecule has 1 amide bonds. The molecule has 0 aliphatic rings. The van der Waals surface area contributed by atoms with Gasteiger partial charge in [0.2, 0.25) is 0 Å². The van der Waals surface area contributed by atoms with E-state index in [1.165, 1.54) is 18.2 Å². The molecular formula is C27H21FN4O. The number of nitrogens with zero attached hydrogens (tertiary/aromatic N) is 3. The quantitative estimate of drug-likeness (QED) is 0.322. The second-order valence-electron chi connectivity index (χ2n) is 7.50. The van der Waals surface area contributed by atoms with E-state index in [-0.39, 0.29) is 17.4 Å². The fourth-order valence-electron chi connectivity index (χ4n) is 3.44. The zero-order valence-electron chi connectivity index (χ0n) is 17.9. The molecule has 0 unspecified atom stereocenters. The van der Waals surface area contributed by atoms with Gasteiger partial charge in [0.05, 0.1) is 17.4 Å². The molecule has 1 atom stereocenters. The number of benzene rings is 3. The van der Waals surface area contributed by atoms with Crippen molar-refractivity contribution in [3.05, 3.63) is 114 Å². The molecule has 1 N–H and O–H groups in total. The standard InChI is InChI=1S/C27H21FN4O/c1-19(20-8-4-2-5-9-20)30-27(33)22(17-29)16-23-18-32(25-10-6-3-7-11-25)31-26(23)21-12-14-24(28)15-13-21/h2-16,18-19H,1H3,(H,30,33)/b22-16+/t19-/m1/s1. The first-order valence-electron chi connectivity index (χ1n) is 10.4. The number of aromatic nitrogens is 2. The summed E-state index contributed by atoms with van der Waals surface area (Å²) in [7, 11) is 0. The van der Waals surface area contributed by atoms with Crippen LogP contribution in [0.3, 0.4) is 0 Å². The first kappa shape index (κ1) is 21.7. The summed E-state index contributed by atoms with van der Waals surface area (Å²) in [4.78, 5) is 12.9. The number of para-hydroxylation sites is 1. The Kier molecular flexibility index (Phi) is 6.42. The van der Waals surface area contributed by atoms with Gasteiger partial charge in [0.1, 0.15) is 17.5 Å². The number of nitriles is 1. The average molecular weight is 436 g/mol. The van der Waals surface area contributed by atoms with Gasteiger partial charge >= 0.3 is 0 Å². The van der Waals surface area contributed by atoms with Gasteiger partial charge in [0.25, 0.3) is 5.91 Å². The van der Waals surface area contributed by atoms with Gasteiger partial charge in [-0.15, -0.1) is 0 Å². The Labute approximate surface area is 191 Å². The number of carbonyl (C=O) groups is 1. The molecule has 0 spiro atoms. The Hall–Kier alpha value is -4.50. The van der Waals surface area contributed by atoms with Crippen molar-refractivity contribution in [3.63, 3.8) is 0 Å². The van der Waals surface area contributed by atoms with Crippen LogP contribution in [0, 0.1) is 17.1 Å². The van der Waals surface area contributed by atoms with Crippen molar-refractivity contribution < 1.29 is 9.18 Å². The van der Waals surface area contributed by atoms with E-state index in [0.717, 1.165) is 11.3 Å². The molecule has 3 aromatic carbocycles. The van der Waals surface area contributed by atoms with Crippen molar-refractivity contribution in [2.45, 2.75) is 13.0 Å². The summed E-state index contributed by atoms with van der Waals surface area (Å²) in [5.41, 5.74) is 3.50. The molecule has 0 aliphatic carbocycles. The van der Waals surface area contributed by atoms with Crippen molar-refractivity contribution in [1.82, 2.24) is 15.1 Å². The van der Waals surface area contributed by atoms with Crippen LogP contribution in [0.4, 0.5) is 4.39 Å². The van der Waals surface area contributed by atoms with Crippen LogP contribution in [0.2, 0.25) is 0 Å². The minimum absolute atomic E-state index is 0.0474. The molecule has 162 valence electrons. The molecule has 4 rings (SSSR count). The maximum absolute atomic E-state index is 13.5. The van der Waals surface area contributed by atoms with Crippen LogP contribution in [-0.4, -0.2) is 15.7 Å². The van der Waals surface area contributed by atoms with Gasteiger partial charge in [-0.25, -0.2) is 9.07 Å². The Bertz CT molecular complexity index is 1320. The molecule has 1 heterocycles. The first-order chi connectivity index (χ1) is 16.0. The van der Waals surface area contributed by atoms with Gasteiger partial charge in [0.15, 0.2) is 0 Å². The molecule has 6 heteroatoms. The van der Waals surface area contributed by atoms with Crippen LogP contribution < -0.4 is 5.32 Å². The highest BCUT2D eigenvalue weighted by molar-refractivity contribution is 6.02. The lowest BCUT2D eigenvalue weighted by Crippen LogP contribution is -2.27. The number of halogens is 1. The predicted molar refractivity (Wildman–Crippen MR) is 126 cm³/mol. The molecule has 0 fully saturated rings. The molecule has 0 aliphatic heterocycles. The number of carbonyl (C=O) groups excluding carboxylic acids is 1. The van der Waals surface area contributed by atoms with E-state index < -0.39 is 5.91 Å². The lowest BCUT2D eigenvalue weighted by Gasteiger charge is -2.13. The Morgan fingerprint density at radius 2 is 1.67 bits per heavy atom. The maximum atomic E-state index is 13.5. The summed E-state index contributed by atoms with van der Waals surface area (Å²) in [6, 6.07) is 26.7. The van der Waals surface area contributed by atoms with Gasteiger partial charge in [-0.1, -0.05) is 48.5 Å². The fraction of sp³-hybridized carbons (Fsp3) is 0.0741. The van der Waals surface area contributed by atoms with Crippen LogP contribution in [0.25, 0.3) is 23.0 Å². The SMILES string of the molecule is C[C@@H](NC(=O)/C(C#N)=C/c1cn(-c2ccccc2)nc1-c1ccc(F)cc1)c1ccccc1. The Morgan fingerprint density at radius 1 is 1.03 bits per heavy atom. The summed E-state index contributed by atoms with van der Waals surface area (Å²) in [5.74, 6) is -0.836. The predicted octanol–water partition coefficient (Wildman–Crippen LogP) is 5.46. The number of amides is 1. The number of hydrogen-bond donors (Lipinski definition) is 1. The molecule has 1 aromatic heterocycles. The monoisotopic (exact) mass is 436 g/mol. The molecule has 33 heavy (non-hydrogen) atoms. The van der Waals surface area contributed by atoms with E-state index in [9.17, 15) is 14.4 Å². The van der Waals surface area contributed by atoms with Gasteiger partial charge in [-0.2, -0.15) is 10.4 Å². The zero-order chi connectivity index (χ0) is 23.2. The number of hydrogen-bond acceptors (Lipinski definition) is 3. The summed E-state index contributed by atoms with van der Waals surface area (Å²) in [5, 5.41) is 17.2. The van der Waals surface area contributed by atoms with Crippen LogP contribution in [0.1, 0.15) is 24.1 Å². The number of rotatable bonds is 6. The lowest BCUT2D eigenvalue weighted by molar-refractivity contribution is -0.117. The molecule has 4 aromatic rings. The molecule has 5 nitrogen and oxygen atoms in total. The highest BCUT2D eigenvalue weighted by atomic mass is 19.1. The van der Waals surface area contributed by atoms with Crippen molar-refractivity contribution in [2.24, 2.45) is 0 Å². The van der Waals surface area contributed by atoms with E-state index in [4.69, 9.17) is 0 Å². The normalized spacial score (nSPS) is 12.1. The third kappa shape index (κ3) is 5.05. The van der Waals surface area contributed by atoms with Crippen molar-refractivity contribution in [2.75, 3.05) is 0 Å². The largest absolute Gasteiger partial charge is 0.345 e. The number of nitrogens with one attached hydrogen (secondary N) is 1. The highest BCUT2D eigenvalue weighted by Gasteiger charge is 2.17. The second-order valence-corrected chi connectivity index (χ2v) is 7.50. The summed E-state index contributed by atoms with van der Waals surface area (Å²) in [6.07, 6.45) is 3.26. The minimum Gasteiger partial charge on any atom is -0.345 e.